The van der Waals surface area contributed by atoms with Crippen molar-refractivity contribution >= 4 is 0 Å². The van der Waals surface area contributed by atoms with Crippen LogP contribution in [0.15, 0.2) is 25.3 Å². The predicted molar refractivity (Wildman–Crippen MR) is 53.2 cm³/mol. The van der Waals surface area contributed by atoms with Crippen LogP contribution in [0.1, 0.15) is 6.42 Å². The van der Waals surface area contributed by atoms with Gasteiger partial charge in [0.15, 0.2) is 0 Å². The van der Waals surface area contributed by atoms with Gasteiger partial charge in [-0.25, -0.2) is 0 Å². The smallest absolute Gasteiger partial charge is 0.0311 e. The van der Waals surface area contributed by atoms with Gasteiger partial charge in [-0.15, -0.1) is 13.2 Å². The van der Waals surface area contributed by atoms with Gasteiger partial charge in [0.05, 0.1) is 0 Å². The molecule has 0 aromatic heterocycles. The number of nitrogens with one attached hydrogen (secondary N) is 1. The Bertz CT molecular complexity index is 148. The van der Waals surface area contributed by atoms with Crippen molar-refractivity contribution in [2.75, 3.05) is 26.2 Å². The zero-order valence-corrected chi connectivity index (χ0v) is 7.63. The minimum absolute atomic E-state index is 0.490. The van der Waals surface area contributed by atoms with Crippen LogP contribution in [0.3, 0.4) is 0 Å². The van der Waals surface area contributed by atoms with Crippen LogP contribution in [0, 0.1) is 0 Å². The second kappa shape index (κ2) is 5.12. The molecule has 0 spiro atoms. The van der Waals surface area contributed by atoms with E-state index in [1.807, 2.05) is 12.2 Å². The Morgan fingerprint density at radius 3 is 2.92 bits per heavy atom. The van der Waals surface area contributed by atoms with Crippen LogP contribution in [0.4, 0.5) is 0 Å². The molecule has 2 nitrogen and oxygen atoms in total. The van der Waals surface area contributed by atoms with Gasteiger partial charge in [0.2, 0.25) is 0 Å². The van der Waals surface area contributed by atoms with Crippen molar-refractivity contribution in [2.24, 2.45) is 0 Å². The van der Waals surface area contributed by atoms with Crippen LogP contribution in [-0.2, 0) is 0 Å². The van der Waals surface area contributed by atoms with E-state index in [0.29, 0.717) is 6.04 Å². The van der Waals surface area contributed by atoms with E-state index in [1.165, 1.54) is 0 Å². The minimum atomic E-state index is 0.490. The lowest BCUT2D eigenvalue weighted by molar-refractivity contribution is 0.203. The molecule has 0 amide bonds. The second-order valence-electron chi connectivity index (χ2n) is 3.11. The van der Waals surface area contributed by atoms with Gasteiger partial charge in [-0.2, -0.15) is 0 Å². The van der Waals surface area contributed by atoms with E-state index in [9.17, 15) is 0 Å². The quantitative estimate of drug-likeness (QED) is 0.631. The van der Waals surface area contributed by atoms with Crippen LogP contribution in [-0.4, -0.2) is 37.1 Å². The summed E-state index contributed by atoms with van der Waals surface area (Å²) in [6.45, 7) is 12.1. The Kier molecular flexibility index (Phi) is 4.05. The summed E-state index contributed by atoms with van der Waals surface area (Å²) < 4.78 is 0. The summed E-state index contributed by atoms with van der Waals surface area (Å²) in [5, 5.41) is 3.33. The molecule has 2 heteroatoms. The number of rotatable bonds is 4. The summed E-state index contributed by atoms with van der Waals surface area (Å²) >= 11 is 0. The van der Waals surface area contributed by atoms with Gasteiger partial charge >= 0.3 is 0 Å². The van der Waals surface area contributed by atoms with E-state index in [-0.39, 0.29) is 0 Å². The molecule has 0 saturated carbocycles. The van der Waals surface area contributed by atoms with Gasteiger partial charge in [-0.1, -0.05) is 12.2 Å². The number of nitrogens with zero attached hydrogens (tertiary/aromatic N) is 1. The van der Waals surface area contributed by atoms with E-state index in [4.69, 9.17) is 0 Å². The van der Waals surface area contributed by atoms with Crippen molar-refractivity contribution in [3.63, 3.8) is 0 Å². The van der Waals surface area contributed by atoms with Gasteiger partial charge in [-0.3, -0.25) is 4.90 Å². The molecule has 0 aliphatic carbocycles. The Balaban J connectivity index is 2.39. The summed E-state index contributed by atoms with van der Waals surface area (Å²) in [6.07, 6.45) is 5.00. The lowest BCUT2D eigenvalue weighted by Crippen LogP contribution is -2.47. The van der Waals surface area contributed by atoms with Crippen LogP contribution in [0.25, 0.3) is 0 Å². The Hall–Kier alpha value is -0.600. The fraction of sp³-hybridized carbons (Fsp3) is 0.600. The fourth-order valence-electron chi connectivity index (χ4n) is 1.58. The highest BCUT2D eigenvalue weighted by Crippen LogP contribution is 2.06. The Labute approximate surface area is 74.9 Å². The molecular weight excluding hydrogens is 150 g/mol. The summed E-state index contributed by atoms with van der Waals surface area (Å²) in [4.78, 5) is 2.45. The zero-order chi connectivity index (χ0) is 8.81. The van der Waals surface area contributed by atoms with Crippen LogP contribution in [0.2, 0.25) is 0 Å². The first-order chi connectivity index (χ1) is 5.88. The van der Waals surface area contributed by atoms with Crippen molar-refractivity contribution < 1.29 is 0 Å². The monoisotopic (exact) mass is 168 g/mol. The average Bonchev–Trinajstić information content (AvgIpc) is 2.15. The predicted octanol–water partition coefficient (Wildman–Crippen LogP) is 1.02. The molecule has 1 fully saturated rings. The third kappa shape index (κ3) is 2.47. The van der Waals surface area contributed by atoms with Crippen molar-refractivity contribution in [1.29, 1.82) is 0 Å². The van der Waals surface area contributed by atoms with E-state index >= 15 is 0 Å². The molecule has 0 aromatic carbocycles. The summed E-state index contributed by atoms with van der Waals surface area (Å²) in [5.74, 6) is 0. The molecule has 0 radical (unpaired) electrons. The molecule has 1 unspecified atom stereocenters. The number of piperazine rings is 1. The van der Waals surface area contributed by atoms with Gasteiger partial charge in [-0.05, 0) is 6.42 Å². The first-order valence-electron chi connectivity index (χ1n) is 4.56. The molecule has 1 saturated heterocycles. The largest absolute Gasteiger partial charge is 0.314 e. The van der Waals surface area contributed by atoms with E-state index < -0.39 is 0 Å². The standard InChI is InChI=1S/C10H18N2/c1-3-5-10(4-2)12-8-6-11-7-9-12/h3-4,10-11H,1-2,5-9H2/i8+2. The Morgan fingerprint density at radius 2 is 2.42 bits per heavy atom. The van der Waals surface area contributed by atoms with Crippen molar-refractivity contribution in [3.05, 3.63) is 25.3 Å². The van der Waals surface area contributed by atoms with Crippen molar-refractivity contribution in [1.82, 2.24) is 10.2 Å². The molecule has 1 rings (SSSR count). The van der Waals surface area contributed by atoms with E-state index in [2.05, 4.69) is 23.4 Å². The molecule has 1 heterocycles. The molecule has 1 N–H and O–H groups in total. The maximum atomic E-state index is 3.84. The number of hydrogen-bond donors (Lipinski definition) is 1. The highest BCUT2D eigenvalue weighted by molar-refractivity contribution is 4.93. The number of hydrogen-bond acceptors (Lipinski definition) is 2. The normalized spacial score (nSPS) is 21.7. The van der Waals surface area contributed by atoms with Crippen LogP contribution >= 0.6 is 0 Å². The topological polar surface area (TPSA) is 15.3 Å². The molecular formula is C10H18N2. The molecule has 12 heavy (non-hydrogen) atoms. The summed E-state index contributed by atoms with van der Waals surface area (Å²) in [5.41, 5.74) is 0. The van der Waals surface area contributed by atoms with Gasteiger partial charge in [0.25, 0.3) is 0 Å². The molecule has 0 bridgehead atoms. The third-order valence-electron chi connectivity index (χ3n) is 2.30. The molecule has 68 valence electrons. The molecule has 1 atom stereocenters. The van der Waals surface area contributed by atoms with Crippen LogP contribution in [0.5, 0.6) is 0 Å². The SMILES string of the molecule is C=CCC(C=C)N1CCNC[14CH2]1. The lowest BCUT2D eigenvalue weighted by atomic mass is 10.2. The van der Waals surface area contributed by atoms with Gasteiger partial charge < -0.3 is 5.32 Å². The zero-order valence-electron chi connectivity index (χ0n) is 7.63. The first-order valence-corrected chi connectivity index (χ1v) is 4.56. The maximum Gasteiger partial charge on any atom is 0.0311 e. The highest BCUT2D eigenvalue weighted by Gasteiger charge is 2.15. The maximum absolute atomic E-state index is 3.84. The van der Waals surface area contributed by atoms with Crippen molar-refractivity contribution in [3.8, 4) is 0 Å². The highest BCUT2D eigenvalue weighted by atomic mass is 15.6. The van der Waals surface area contributed by atoms with Crippen molar-refractivity contribution in [2.45, 2.75) is 12.5 Å². The minimum Gasteiger partial charge on any atom is -0.314 e. The second-order valence-corrected chi connectivity index (χ2v) is 3.11. The average molecular weight is 168 g/mol. The first kappa shape index (κ1) is 9.49. The molecule has 1 aliphatic heterocycles. The fourth-order valence-corrected chi connectivity index (χ4v) is 1.58. The van der Waals surface area contributed by atoms with Gasteiger partial charge in [0, 0.05) is 32.2 Å². The van der Waals surface area contributed by atoms with E-state index in [1.54, 1.807) is 0 Å². The van der Waals surface area contributed by atoms with E-state index in [0.717, 1.165) is 32.6 Å². The van der Waals surface area contributed by atoms with Gasteiger partial charge in [0.1, 0.15) is 0 Å². The third-order valence-corrected chi connectivity index (χ3v) is 2.30. The lowest BCUT2D eigenvalue weighted by Gasteiger charge is -2.32. The summed E-state index contributed by atoms with van der Waals surface area (Å²) in [7, 11) is 0. The Morgan fingerprint density at radius 1 is 1.58 bits per heavy atom. The molecule has 0 aromatic rings. The molecule has 1 aliphatic rings. The van der Waals surface area contributed by atoms with Crippen LogP contribution < -0.4 is 5.32 Å². The summed E-state index contributed by atoms with van der Waals surface area (Å²) in [6, 6.07) is 0.490.